The molecule has 2 fully saturated rings. The summed E-state index contributed by atoms with van der Waals surface area (Å²) in [5.74, 6) is 0.678. The van der Waals surface area contributed by atoms with E-state index in [9.17, 15) is 0 Å². The average molecular weight is 269 g/mol. The van der Waals surface area contributed by atoms with E-state index in [1.54, 1.807) is 0 Å². The van der Waals surface area contributed by atoms with Crippen LogP contribution in [0.15, 0.2) is 0 Å². The standard InChI is InChI=1S/C15H31N3O/c1-4-5-16-15-12-19-11-14(15)10-17-6-8-18(9-7-17)13(2)3/h13-16H,4-12H2,1-3H3. The molecule has 2 heterocycles. The van der Waals surface area contributed by atoms with Crippen LogP contribution in [0.4, 0.5) is 0 Å². The molecule has 2 rings (SSSR count). The van der Waals surface area contributed by atoms with Crippen LogP contribution in [-0.4, -0.2) is 74.4 Å². The summed E-state index contributed by atoms with van der Waals surface area (Å²) in [4.78, 5) is 5.20. The van der Waals surface area contributed by atoms with Gasteiger partial charge in [0.1, 0.15) is 0 Å². The van der Waals surface area contributed by atoms with Crippen molar-refractivity contribution >= 4 is 0 Å². The number of piperazine rings is 1. The van der Waals surface area contributed by atoms with Crippen LogP contribution in [0.5, 0.6) is 0 Å². The van der Waals surface area contributed by atoms with Gasteiger partial charge in [-0.1, -0.05) is 6.92 Å². The number of rotatable bonds is 6. The minimum atomic E-state index is 0.572. The van der Waals surface area contributed by atoms with Gasteiger partial charge in [0.2, 0.25) is 0 Å². The van der Waals surface area contributed by atoms with E-state index in [-0.39, 0.29) is 0 Å². The molecule has 0 amide bonds. The highest BCUT2D eigenvalue weighted by atomic mass is 16.5. The molecule has 112 valence electrons. The van der Waals surface area contributed by atoms with Gasteiger partial charge in [-0.05, 0) is 26.8 Å². The Balaban J connectivity index is 1.72. The van der Waals surface area contributed by atoms with Gasteiger partial charge >= 0.3 is 0 Å². The second kappa shape index (κ2) is 7.58. The largest absolute Gasteiger partial charge is 0.379 e. The van der Waals surface area contributed by atoms with Crippen LogP contribution in [0.3, 0.4) is 0 Å². The summed E-state index contributed by atoms with van der Waals surface area (Å²) < 4.78 is 5.67. The highest BCUT2D eigenvalue weighted by Gasteiger charge is 2.30. The molecule has 0 radical (unpaired) electrons. The summed E-state index contributed by atoms with van der Waals surface area (Å²) in [6, 6.07) is 1.26. The van der Waals surface area contributed by atoms with E-state index >= 15 is 0 Å². The lowest BCUT2D eigenvalue weighted by Gasteiger charge is -2.38. The molecule has 19 heavy (non-hydrogen) atoms. The van der Waals surface area contributed by atoms with Gasteiger partial charge in [0.25, 0.3) is 0 Å². The lowest BCUT2D eigenvalue weighted by molar-refractivity contribution is 0.0910. The minimum absolute atomic E-state index is 0.572. The van der Waals surface area contributed by atoms with Gasteiger partial charge in [-0.2, -0.15) is 0 Å². The molecule has 0 aliphatic carbocycles. The quantitative estimate of drug-likeness (QED) is 0.779. The van der Waals surface area contributed by atoms with Gasteiger partial charge in [0, 0.05) is 50.7 Å². The van der Waals surface area contributed by atoms with E-state index in [1.807, 2.05) is 0 Å². The number of nitrogens with one attached hydrogen (secondary N) is 1. The van der Waals surface area contributed by atoms with Crippen molar-refractivity contribution < 1.29 is 4.74 Å². The molecule has 4 nitrogen and oxygen atoms in total. The first kappa shape index (κ1) is 15.2. The molecule has 0 aromatic rings. The van der Waals surface area contributed by atoms with Gasteiger partial charge in [-0.25, -0.2) is 0 Å². The summed E-state index contributed by atoms with van der Waals surface area (Å²) in [7, 11) is 0. The van der Waals surface area contributed by atoms with Crippen molar-refractivity contribution in [3.8, 4) is 0 Å². The molecule has 0 aromatic heterocycles. The third kappa shape index (κ3) is 4.42. The van der Waals surface area contributed by atoms with Gasteiger partial charge in [0.05, 0.1) is 13.2 Å². The van der Waals surface area contributed by atoms with Crippen LogP contribution in [0.1, 0.15) is 27.2 Å². The molecule has 1 N–H and O–H groups in total. The Morgan fingerprint density at radius 1 is 1.16 bits per heavy atom. The summed E-state index contributed by atoms with van der Waals surface area (Å²) in [5.41, 5.74) is 0. The average Bonchev–Trinajstić information content (AvgIpc) is 2.84. The van der Waals surface area contributed by atoms with E-state index in [4.69, 9.17) is 4.74 Å². The van der Waals surface area contributed by atoms with Gasteiger partial charge in [-0.3, -0.25) is 4.90 Å². The Kier molecular flexibility index (Phi) is 6.07. The van der Waals surface area contributed by atoms with Gasteiger partial charge in [-0.15, -0.1) is 0 Å². The SMILES string of the molecule is CCCNC1COCC1CN1CCN(C(C)C)CC1. The normalized spacial score (nSPS) is 30.3. The molecule has 0 spiro atoms. The zero-order valence-corrected chi connectivity index (χ0v) is 12.9. The number of hydrogen-bond acceptors (Lipinski definition) is 4. The van der Waals surface area contributed by atoms with Gasteiger partial charge < -0.3 is 15.0 Å². The number of hydrogen-bond donors (Lipinski definition) is 1. The highest BCUT2D eigenvalue weighted by Crippen LogP contribution is 2.17. The number of nitrogens with zero attached hydrogens (tertiary/aromatic N) is 2. The maximum atomic E-state index is 5.67. The third-order valence-electron chi connectivity index (χ3n) is 4.48. The van der Waals surface area contributed by atoms with Crippen molar-refractivity contribution in [1.29, 1.82) is 0 Å². The zero-order chi connectivity index (χ0) is 13.7. The molecule has 2 saturated heterocycles. The Bertz CT molecular complexity index is 252. The fraction of sp³-hybridized carbons (Fsp3) is 1.00. The van der Waals surface area contributed by atoms with Crippen LogP contribution in [0.25, 0.3) is 0 Å². The van der Waals surface area contributed by atoms with E-state index in [0.29, 0.717) is 18.0 Å². The monoisotopic (exact) mass is 269 g/mol. The van der Waals surface area contributed by atoms with Crippen molar-refractivity contribution in [2.24, 2.45) is 5.92 Å². The second-order valence-corrected chi connectivity index (χ2v) is 6.29. The third-order valence-corrected chi connectivity index (χ3v) is 4.48. The Morgan fingerprint density at radius 3 is 2.53 bits per heavy atom. The van der Waals surface area contributed by atoms with Crippen LogP contribution < -0.4 is 5.32 Å². The molecule has 2 atom stereocenters. The fourth-order valence-corrected chi connectivity index (χ4v) is 3.13. The lowest BCUT2D eigenvalue weighted by Crippen LogP contribution is -2.51. The highest BCUT2D eigenvalue weighted by molar-refractivity contribution is 4.85. The predicted octanol–water partition coefficient (Wildman–Crippen LogP) is 1.03. The van der Waals surface area contributed by atoms with E-state index in [2.05, 4.69) is 35.9 Å². The summed E-state index contributed by atoms with van der Waals surface area (Å²) in [6.07, 6.45) is 1.20. The van der Waals surface area contributed by atoms with Crippen molar-refractivity contribution in [3.63, 3.8) is 0 Å². The van der Waals surface area contributed by atoms with Crippen molar-refractivity contribution in [2.45, 2.75) is 39.3 Å². The smallest absolute Gasteiger partial charge is 0.0623 e. The predicted molar refractivity (Wildman–Crippen MR) is 79.5 cm³/mol. The molecule has 4 heteroatoms. The lowest BCUT2D eigenvalue weighted by atomic mass is 10.0. The first-order valence-corrected chi connectivity index (χ1v) is 7.98. The summed E-state index contributed by atoms with van der Waals surface area (Å²) in [5, 5.41) is 3.64. The zero-order valence-electron chi connectivity index (χ0n) is 12.9. The maximum absolute atomic E-state index is 5.67. The van der Waals surface area contributed by atoms with E-state index in [0.717, 1.165) is 19.8 Å². The second-order valence-electron chi connectivity index (χ2n) is 6.29. The topological polar surface area (TPSA) is 27.7 Å². The Hall–Kier alpha value is -0.160. The molecule has 0 bridgehead atoms. The van der Waals surface area contributed by atoms with Gasteiger partial charge in [0.15, 0.2) is 0 Å². The van der Waals surface area contributed by atoms with Crippen LogP contribution >= 0.6 is 0 Å². The molecule has 0 aromatic carbocycles. The number of ether oxygens (including phenoxy) is 1. The summed E-state index contributed by atoms with van der Waals surface area (Å²) in [6.45, 7) is 15.8. The van der Waals surface area contributed by atoms with Crippen LogP contribution in [0.2, 0.25) is 0 Å². The van der Waals surface area contributed by atoms with Crippen LogP contribution in [-0.2, 0) is 4.74 Å². The first-order chi connectivity index (χ1) is 9.20. The molecular formula is C15H31N3O. The Morgan fingerprint density at radius 2 is 1.89 bits per heavy atom. The van der Waals surface area contributed by atoms with Crippen LogP contribution in [0, 0.1) is 5.92 Å². The van der Waals surface area contributed by atoms with E-state index in [1.165, 1.54) is 39.1 Å². The summed E-state index contributed by atoms with van der Waals surface area (Å²) >= 11 is 0. The minimum Gasteiger partial charge on any atom is -0.379 e. The van der Waals surface area contributed by atoms with Crippen molar-refractivity contribution in [3.05, 3.63) is 0 Å². The molecule has 2 aliphatic rings. The maximum Gasteiger partial charge on any atom is 0.0623 e. The fourth-order valence-electron chi connectivity index (χ4n) is 3.13. The van der Waals surface area contributed by atoms with Crippen molar-refractivity contribution in [2.75, 3.05) is 52.5 Å². The molecule has 0 saturated carbocycles. The van der Waals surface area contributed by atoms with E-state index < -0.39 is 0 Å². The molecule has 2 aliphatic heterocycles. The first-order valence-electron chi connectivity index (χ1n) is 7.98. The molecule has 2 unspecified atom stereocenters. The molecular weight excluding hydrogens is 238 g/mol. The Labute approximate surface area is 118 Å². The van der Waals surface area contributed by atoms with Crippen molar-refractivity contribution in [1.82, 2.24) is 15.1 Å².